The second-order valence-electron chi connectivity index (χ2n) is 1.50. The number of aryl methyl sites for hydroxylation is 1. The molecule has 0 amide bonds. The van der Waals surface area contributed by atoms with Gasteiger partial charge in [-0.3, -0.25) is 0 Å². The Morgan fingerprint density at radius 2 is 2.50 bits per heavy atom. The highest BCUT2D eigenvalue weighted by Gasteiger charge is 1.91. The van der Waals surface area contributed by atoms with Gasteiger partial charge < -0.3 is 0 Å². The lowest BCUT2D eigenvalue weighted by Crippen LogP contribution is -1.83. The fourth-order valence-corrected chi connectivity index (χ4v) is 0.421. The molecule has 0 N–H and O–H groups in total. The molecule has 1 aromatic rings. The van der Waals surface area contributed by atoms with Crippen LogP contribution in [0.4, 0.5) is 4.39 Å². The topological polar surface area (TPSA) is 12.9 Å². The van der Waals surface area contributed by atoms with Gasteiger partial charge in [0.05, 0.1) is 0 Å². The summed E-state index contributed by atoms with van der Waals surface area (Å²) in [7, 11) is 0. The first-order valence-electron chi connectivity index (χ1n) is 2.29. The summed E-state index contributed by atoms with van der Waals surface area (Å²) in [6, 6.07) is 4.24. The molecule has 0 spiro atoms. The highest BCUT2D eigenvalue weighted by molar-refractivity contribution is 5.05. The third kappa shape index (κ3) is 0.832. The lowest BCUT2D eigenvalue weighted by Gasteiger charge is -1.87. The van der Waals surface area contributed by atoms with E-state index in [0.717, 1.165) is 0 Å². The molecule has 1 heterocycles. The molecule has 0 atom stereocenters. The third-order valence-electron chi connectivity index (χ3n) is 0.872. The number of hydrogen-bond acceptors (Lipinski definition) is 1. The van der Waals surface area contributed by atoms with Gasteiger partial charge in [-0.1, -0.05) is 0 Å². The Labute approximate surface area is 47.2 Å². The van der Waals surface area contributed by atoms with E-state index in [1.165, 1.54) is 6.20 Å². The van der Waals surface area contributed by atoms with Crippen molar-refractivity contribution < 1.29 is 4.39 Å². The predicted molar refractivity (Wildman–Crippen MR) is 27.8 cm³/mol. The first-order valence-corrected chi connectivity index (χ1v) is 2.29. The van der Waals surface area contributed by atoms with Gasteiger partial charge in [0.15, 0.2) is 0 Å². The molecule has 2 heteroatoms. The Kier molecular flexibility index (Phi) is 1.24. The first-order chi connectivity index (χ1) is 3.80. The molecule has 1 nitrogen and oxygen atoms in total. The maximum Gasteiger partial charge on any atom is 0.216 e. The molecule has 0 saturated heterocycles. The minimum atomic E-state index is -0.437. The van der Waals surface area contributed by atoms with Crippen molar-refractivity contribution in [1.29, 1.82) is 0 Å². The van der Waals surface area contributed by atoms with E-state index >= 15 is 0 Å². The molecule has 8 heavy (non-hydrogen) atoms. The van der Waals surface area contributed by atoms with Crippen LogP contribution < -0.4 is 0 Å². The second-order valence-corrected chi connectivity index (χ2v) is 1.50. The van der Waals surface area contributed by atoms with Crippen LogP contribution in [0.5, 0.6) is 0 Å². The van der Waals surface area contributed by atoms with Crippen LogP contribution in [0.3, 0.4) is 0 Å². The minimum absolute atomic E-state index is 0.437. The van der Waals surface area contributed by atoms with Crippen molar-refractivity contribution in [3.8, 4) is 0 Å². The molecule has 0 aliphatic heterocycles. The van der Waals surface area contributed by atoms with Crippen molar-refractivity contribution in [3.05, 3.63) is 29.8 Å². The highest BCUT2D eigenvalue weighted by atomic mass is 19.1. The molecule has 41 valence electrons. The molecule has 1 radical (unpaired) electrons. The van der Waals surface area contributed by atoms with Gasteiger partial charge in [-0.2, -0.15) is 4.39 Å². The molecule has 0 aliphatic rings. The lowest BCUT2D eigenvalue weighted by atomic mass is 10.3. The Hall–Kier alpha value is -0.920. The summed E-state index contributed by atoms with van der Waals surface area (Å²) in [5, 5.41) is 0. The molecule has 0 saturated carbocycles. The van der Waals surface area contributed by atoms with Gasteiger partial charge >= 0.3 is 0 Å². The largest absolute Gasteiger partial charge is 0.228 e. The summed E-state index contributed by atoms with van der Waals surface area (Å²) in [5.74, 6) is -0.437. The van der Waals surface area contributed by atoms with Gasteiger partial charge in [0, 0.05) is 11.8 Å². The smallest absolute Gasteiger partial charge is 0.216 e. The summed E-state index contributed by atoms with van der Waals surface area (Å²) >= 11 is 0. The van der Waals surface area contributed by atoms with Crippen molar-refractivity contribution in [2.45, 2.75) is 6.92 Å². The fourth-order valence-electron chi connectivity index (χ4n) is 0.421. The van der Waals surface area contributed by atoms with Gasteiger partial charge in [-0.25, -0.2) is 4.98 Å². The van der Waals surface area contributed by atoms with E-state index in [4.69, 9.17) is 0 Å². The monoisotopic (exact) mass is 110 g/mol. The van der Waals surface area contributed by atoms with E-state index < -0.39 is 5.95 Å². The number of aromatic nitrogens is 1. The zero-order valence-corrected chi connectivity index (χ0v) is 4.48. The highest BCUT2D eigenvalue weighted by Crippen LogP contribution is 1.96. The van der Waals surface area contributed by atoms with E-state index in [0.29, 0.717) is 5.56 Å². The Bertz CT molecular complexity index is 165. The van der Waals surface area contributed by atoms with Crippen LogP contribution in [0.15, 0.2) is 12.3 Å². The summed E-state index contributed by atoms with van der Waals surface area (Å²) in [4.78, 5) is 3.38. The fraction of sp³-hybridized carbons (Fsp3) is 0.167. The molecule has 0 aromatic carbocycles. The van der Waals surface area contributed by atoms with Crippen molar-refractivity contribution in [2.24, 2.45) is 0 Å². The normalized spacial score (nSPS) is 9.25. The average Bonchev–Trinajstić information content (AvgIpc) is 1.77. The summed E-state index contributed by atoms with van der Waals surface area (Å²) in [6.45, 7) is 1.63. The maximum atomic E-state index is 12.2. The summed E-state index contributed by atoms with van der Waals surface area (Å²) < 4.78 is 12.2. The molecule has 0 aliphatic carbocycles. The van der Waals surface area contributed by atoms with Gasteiger partial charge in [-0.15, -0.1) is 0 Å². The Balaban J connectivity index is 3.13. The van der Waals surface area contributed by atoms with Crippen LogP contribution in [-0.4, -0.2) is 4.98 Å². The van der Waals surface area contributed by atoms with Gasteiger partial charge in [0.25, 0.3) is 0 Å². The van der Waals surface area contributed by atoms with Crippen molar-refractivity contribution >= 4 is 0 Å². The van der Waals surface area contributed by atoms with Gasteiger partial charge in [0.1, 0.15) is 0 Å². The zero-order chi connectivity index (χ0) is 5.98. The van der Waals surface area contributed by atoms with Crippen LogP contribution in [0.25, 0.3) is 0 Å². The third-order valence-corrected chi connectivity index (χ3v) is 0.872. The molecular weight excluding hydrogens is 105 g/mol. The predicted octanol–water partition coefficient (Wildman–Crippen LogP) is 1.33. The molecule has 0 bridgehead atoms. The average molecular weight is 110 g/mol. The second kappa shape index (κ2) is 1.90. The molecule has 1 rings (SSSR count). The molecule has 1 aromatic heterocycles. The van der Waals surface area contributed by atoms with Crippen LogP contribution in [0.1, 0.15) is 5.56 Å². The number of hydrogen-bond donors (Lipinski definition) is 0. The van der Waals surface area contributed by atoms with Crippen LogP contribution >= 0.6 is 0 Å². The maximum absolute atomic E-state index is 12.2. The summed E-state index contributed by atoms with van der Waals surface area (Å²) in [5.41, 5.74) is 0.465. The molecular formula is C6H5FN. The number of halogens is 1. The number of pyridine rings is 1. The van der Waals surface area contributed by atoms with E-state index in [1.807, 2.05) is 0 Å². The summed E-state index contributed by atoms with van der Waals surface area (Å²) in [6.07, 6.45) is 1.38. The standard InChI is InChI=1S/C6H5FN/c1-5-3-2-4-8-6(5)7/h2,4H,1H3. The Morgan fingerprint density at radius 3 is 2.88 bits per heavy atom. The first kappa shape index (κ1) is 5.22. The zero-order valence-electron chi connectivity index (χ0n) is 4.48. The van der Waals surface area contributed by atoms with Crippen molar-refractivity contribution in [1.82, 2.24) is 4.98 Å². The Morgan fingerprint density at radius 1 is 1.75 bits per heavy atom. The van der Waals surface area contributed by atoms with Crippen LogP contribution in [0.2, 0.25) is 0 Å². The van der Waals surface area contributed by atoms with E-state index in [2.05, 4.69) is 11.1 Å². The quantitative estimate of drug-likeness (QED) is 0.459. The number of nitrogens with zero attached hydrogens (tertiary/aromatic N) is 1. The van der Waals surface area contributed by atoms with Gasteiger partial charge in [0.2, 0.25) is 5.95 Å². The molecule has 0 fully saturated rings. The number of rotatable bonds is 0. The van der Waals surface area contributed by atoms with Gasteiger partial charge in [-0.05, 0) is 19.1 Å². The van der Waals surface area contributed by atoms with E-state index in [1.54, 1.807) is 13.0 Å². The minimum Gasteiger partial charge on any atom is -0.228 e. The lowest BCUT2D eigenvalue weighted by molar-refractivity contribution is 0.574. The van der Waals surface area contributed by atoms with Crippen LogP contribution in [0, 0.1) is 18.9 Å². The SMILES string of the molecule is Cc1[c]ccnc1F. The van der Waals surface area contributed by atoms with E-state index in [9.17, 15) is 4.39 Å². The van der Waals surface area contributed by atoms with E-state index in [-0.39, 0.29) is 0 Å². The van der Waals surface area contributed by atoms with Crippen LogP contribution in [-0.2, 0) is 0 Å². The van der Waals surface area contributed by atoms with Crippen molar-refractivity contribution in [3.63, 3.8) is 0 Å². The van der Waals surface area contributed by atoms with Crippen molar-refractivity contribution in [2.75, 3.05) is 0 Å². The molecule has 0 unspecified atom stereocenters.